The van der Waals surface area contributed by atoms with Crippen molar-refractivity contribution in [2.45, 2.75) is 44.6 Å². The number of carbonyl (C=O) groups is 2. The predicted molar refractivity (Wildman–Crippen MR) is 108 cm³/mol. The Hall–Kier alpha value is -2.41. The average Bonchev–Trinajstić information content (AvgIpc) is 3.16. The Morgan fingerprint density at radius 3 is 2.61 bits per heavy atom. The molecule has 7 nitrogen and oxygen atoms in total. The van der Waals surface area contributed by atoms with E-state index in [1.54, 1.807) is 6.42 Å². The number of hydrogen-bond acceptors (Lipinski definition) is 4. The number of aromatic nitrogens is 2. The van der Waals surface area contributed by atoms with Crippen molar-refractivity contribution in [2.75, 3.05) is 26.2 Å². The van der Waals surface area contributed by atoms with E-state index in [0.29, 0.717) is 17.8 Å². The number of piperidine rings is 2. The number of fused-ring (bicyclic) bond motifs is 1. The summed E-state index contributed by atoms with van der Waals surface area (Å²) in [4.78, 5) is 28.7. The number of carbonyl (C=O) groups excluding carboxylic acids is 2. The van der Waals surface area contributed by atoms with Gasteiger partial charge in [0.2, 0.25) is 5.91 Å². The summed E-state index contributed by atoms with van der Waals surface area (Å²) in [5.74, 6) is -0.459. The van der Waals surface area contributed by atoms with Gasteiger partial charge in [-0.2, -0.15) is 5.10 Å². The number of nitrogens with one attached hydrogen (secondary N) is 1. The summed E-state index contributed by atoms with van der Waals surface area (Å²) >= 11 is 0. The number of primary amides is 1. The van der Waals surface area contributed by atoms with Gasteiger partial charge in [-0.05, 0) is 62.9 Å². The van der Waals surface area contributed by atoms with Crippen LogP contribution in [0.25, 0.3) is 10.9 Å². The van der Waals surface area contributed by atoms with Crippen molar-refractivity contribution in [1.82, 2.24) is 20.0 Å². The normalized spacial score (nSPS) is 19.2. The van der Waals surface area contributed by atoms with Crippen LogP contribution in [0.4, 0.5) is 0 Å². The lowest BCUT2D eigenvalue weighted by Crippen LogP contribution is -2.48. The first kappa shape index (κ1) is 18.9. The molecule has 1 aromatic carbocycles. The molecular formula is C21H28N5O2. The highest BCUT2D eigenvalue weighted by molar-refractivity contribution is 6.04. The number of nitrogens with zero attached hydrogens (tertiary/aromatic N) is 3. The third-order valence-corrected chi connectivity index (χ3v) is 6.06. The van der Waals surface area contributed by atoms with Gasteiger partial charge in [0.15, 0.2) is 5.69 Å². The van der Waals surface area contributed by atoms with E-state index < -0.39 is 5.91 Å². The molecule has 1 radical (unpaired) electrons. The Labute approximate surface area is 165 Å². The van der Waals surface area contributed by atoms with Crippen LogP contribution in [0.5, 0.6) is 0 Å². The van der Waals surface area contributed by atoms with Gasteiger partial charge >= 0.3 is 0 Å². The van der Waals surface area contributed by atoms with E-state index in [2.05, 4.69) is 15.1 Å². The average molecular weight is 382 g/mol. The number of benzene rings is 1. The van der Waals surface area contributed by atoms with E-state index in [-0.39, 0.29) is 11.6 Å². The molecule has 0 aliphatic carbocycles. The number of nitrogens with two attached hydrogens (primary N) is 1. The van der Waals surface area contributed by atoms with Crippen molar-refractivity contribution in [2.24, 2.45) is 5.73 Å². The highest BCUT2D eigenvalue weighted by Gasteiger charge is 2.27. The first-order chi connectivity index (χ1) is 13.6. The first-order valence-corrected chi connectivity index (χ1v) is 10.2. The lowest BCUT2D eigenvalue weighted by molar-refractivity contribution is -0.129. The maximum absolute atomic E-state index is 12.6. The van der Waals surface area contributed by atoms with E-state index in [1.807, 2.05) is 23.1 Å². The van der Waals surface area contributed by atoms with Crippen LogP contribution in [0.3, 0.4) is 0 Å². The number of likely N-dealkylation sites (tertiary alicyclic amines) is 2. The summed E-state index contributed by atoms with van der Waals surface area (Å²) in [6, 6.07) is 6.33. The maximum Gasteiger partial charge on any atom is 0.269 e. The fourth-order valence-corrected chi connectivity index (χ4v) is 4.45. The van der Waals surface area contributed by atoms with Gasteiger partial charge in [-0.15, -0.1) is 0 Å². The molecule has 3 heterocycles. The van der Waals surface area contributed by atoms with Gasteiger partial charge < -0.3 is 15.5 Å². The van der Waals surface area contributed by atoms with Gasteiger partial charge in [-0.25, -0.2) is 0 Å². The van der Waals surface area contributed by atoms with Crippen LogP contribution < -0.4 is 5.73 Å². The topological polar surface area (TPSA) is 95.3 Å². The van der Waals surface area contributed by atoms with Crippen LogP contribution >= 0.6 is 0 Å². The molecule has 149 valence electrons. The molecule has 0 saturated carbocycles. The smallest absolute Gasteiger partial charge is 0.269 e. The van der Waals surface area contributed by atoms with Gasteiger partial charge in [0.1, 0.15) is 0 Å². The molecule has 7 heteroatoms. The molecule has 0 unspecified atom stereocenters. The molecule has 0 atom stereocenters. The first-order valence-electron chi connectivity index (χ1n) is 10.2. The second kappa shape index (κ2) is 8.31. The zero-order valence-electron chi connectivity index (χ0n) is 16.2. The Balaban J connectivity index is 1.30. The minimum atomic E-state index is -0.556. The Morgan fingerprint density at radius 2 is 1.89 bits per heavy atom. The van der Waals surface area contributed by atoms with Gasteiger partial charge in [0, 0.05) is 24.5 Å². The number of rotatable bonds is 5. The number of H-pyrrole nitrogens is 1. The molecule has 2 aliphatic rings. The summed E-state index contributed by atoms with van der Waals surface area (Å²) in [6.45, 7) is 4.11. The summed E-state index contributed by atoms with van der Waals surface area (Å²) < 4.78 is 0. The number of aromatic amines is 1. The van der Waals surface area contributed by atoms with Crippen molar-refractivity contribution in [3.63, 3.8) is 0 Å². The molecule has 0 bridgehead atoms. The van der Waals surface area contributed by atoms with Crippen molar-refractivity contribution in [3.8, 4) is 0 Å². The summed E-state index contributed by atoms with van der Waals surface area (Å²) in [5, 5.41) is 7.47. The lowest BCUT2D eigenvalue weighted by atomic mass is 9.99. The van der Waals surface area contributed by atoms with Gasteiger partial charge in [0.05, 0.1) is 11.9 Å². The van der Waals surface area contributed by atoms with Crippen LogP contribution in [0.15, 0.2) is 18.2 Å². The van der Waals surface area contributed by atoms with E-state index in [1.165, 1.54) is 32.4 Å². The summed E-state index contributed by atoms with van der Waals surface area (Å²) in [5.41, 5.74) is 7.34. The lowest BCUT2D eigenvalue weighted by Gasteiger charge is -2.40. The minimum absolute atomic E-state index is 0.0968. The zero-order valence-corrected chi connectivity index (χ0v) is 16.2. The Kier molecular flexibility index (Phi) is 5.62. The SMILES string of the molecule is NC(=O)c1n[nH]c2ccc(C[CH]C(=O)N3CCC(N4CCCCC4)CC3)cc12. The van der Waals surface area contributed by atoms with E-state index in [4.69, 9.17) is 5.73 Å². The standard InChI is InChI=1S/C21H28N5O2/c22-21(28)20-17-14-15(4-6-18(17)23-24-20)5-7-19(27)26-12-8-16(9-13-26)25-10-2-1-3-11-25/h4,6-7,14,16H,1-3,5,8-13H2,(H2,22,28)(H,23,24). The molecular weight excluding hydrogens is 354 g/mol. The van der Waals surface area contributed by atoms with E-state index >= 15 is 0 Å². The van der Waals surface area contributed by atoms with Crippen molar-refractivity contribution < 1.29 is 9.59 Å². The molecule has 3 N–H and O–H groups in total. The quantitative estimate of drug-likeness (QED) is 0.825. The molecule has 1 aromatic heterocycles. The van der Waals surface area contributed by atoms with Crippen LogP contribution in [-0.4, -0.2) is 64.0 Å². The van der Waals surface area contributed by atoms with Crippen LogP contribution in [0.2, 0.25) is 0 Å². The van der Waals surface area contributed by atoms with Crippen LogP contribution in [-0.2, 0) is 11.2 Å². The molecule has 2 fully saturated rings. The van der Waals surface area contributed by atoms with E-state index in [0.717, 1.165) is 37.0 Å². The van der Waals surface area contributed by atoms with Crippen LogP contribution in [0, 0.1) is 6.42 Å². The fourth-order valence-electron chi connectivity index (χ4n) is 4.45. The monoisotopic (exact) mass is 382 g/mol. The second-order valence-electron chi connectivity index (χ2n) is 7.88. The van der Waals surface area contributed by atoms with Gasteiger partial charge in [0.25, 0.3) is 5.91 Å². The molecule has 2 aliphatic heterocycles. The van der Waals surface area contributed by atoms with Crippen molar-refractivity contribution in [3.05, 3.63) is 35.9 Å². The molecule has 2 aromatic rings. The number of hydrogen-bond donors (Lipinski definition) is 2. The predicted octanol–water partition coefficient (Wildman–Crippen LogP) is 1.89. The van der Waals surface area contributed by atoms with Gasteiger partial charge in [-0.3, -0.25) is 14.7 Å². The molecule has 28 heavy (non-hydrogen) atoms. The third-order valence-electron chi connectivity index (χ3n) is 6.06. The van der Waals surface area contributed by atoms with E-state index in [9.17, 15) is 9.59 Å². The third kappa shape index (κ3) is 4.04. The van der Waals surface area contributed by atoms with Crippen molar-refractivity contribution >= 4 is 22.7 Å². The Morgan fingerprint density at radius 1 is 1.14 bits per heavy atom. The summed E-state index contributed by atoms with van der Waals surface area (Å²) in [7, 11) is 0. The summed E-state index contributed by atoms with van der Waals surface area (Å²) in [6.07, 6.45) is 8.40. The van der Waals surface area contributed by atoms with Crippen LogP contribution in [0.1, 0.15) is 48.2 Å². The molecule has 0 spiro atoms. The highest BCUT2D eigenvalue weighted by Crippen LogP contribution is 2.22. The highest BCUT2D eigenvalue weighted by atomic mass is 16.2. The van der Waals surface area contributed by atoms with Crippen molar-refractivity contribution in [1.29, 1.82) is 0 Å². The second-order valence-corrected chi connectivity index (χ2v) is 7.88. The Bertz CT molecular complexity index is 848. The fraction of sp³-hybridized carbons (Fsp3) is 0.524. The van der Waals surface area contributed by atoms with Gasteiger partial charge in [-0.1, -0.05) is 12.5 Å². The molecule has 2 amide bonds. The minimum Gasteiger partial charge on any atom is -0.364 e. The zero-order chi connectivity index (χ0) is 19.5. The largest absolute Gasteiger partial charge is 0.364 e. The number of amides is 2. The maximum atomic E-state index is 12.6. The molecule has 4 rings (SSSR count). The molecule has 2 saturated heterocycles.